The summed E-state index contributed by atoms with van der Waals surface area (Å²) < 4.78 is 51.1. The van der Waals surface area contributed by atoms with Gasteiger partial charge >= 0.3 is 6.03 Å². The van der Waals surface area contributed by atoms with Crippen molar-refractivity contribution < 1.29 is 127 Å². The van der Waals surface area contributed by atoms with Crippen LogP contribution in [-0.2, 0) is 52.6 Å². The van der Waals surface area contributed by atoms with E-state index in [1.807, 2.05) is 20.8 Å². The highest BCUT2D eigenvalue weighted by Crippen LogP contribution is 2.55. The lowest BCUT2D eigenvalue weighted by molar-refractivity contribution is -0.333. The third kappa shape index (κ3) is 21.0. The number of likely N-dealkylation sites (N-methyl/N-ethyl adjacent to an activating group) is 2. The molecule has 15 bridgehead atoms. The van der Waals surface area contributed by atoms with E-state index in [4.69, 9.17) is 66.8 Å². The number of aliphatic hydroxyl groups is 6. The summed E-state index contributed by atoms with van der Waals surface area (Å²) in [5.41, 5.74) is 2.85. The molecule has 10 amide bonds. The molecule has 0 unspecified atom stereocenters. The van der Waals surface area contributed by atoms with Gasteiger partial charge in [0.15, 0.2) is 23.9 Å². The lowest BCUT2D eigenvalue weighted by atomic mass is 9.54. The van der Waals surface area contributed by atoms with Crippen molar-refractivity contribution in [2.24, 2.45) is 35.3 Å². The van der Waals surface area contributed by atoms with Crippen molar-refractivity contribution in [3.05, 3.63) is 135 Å². The Kier molecular flexibility index (Phi) is 29.6. The Morgan fingerprint density at radius 1 is 0.669 bits per heavy atom. The van der Waals surface area contributed by atoms with Crippen LogP contribution in [0.25, 0.3) is 11.1 Å². The number of fused-ring (bicyclic) bond motifs is 15. The zero-order valence-corrected chi connectivity index (χ0v) is 73.7. The van der Waals surface area contributed by atoms with Crippen LogP contribution in [0.15, 0.2) is 97.1 Å². The third-order valence-electron chi connectivity index (χ3n) is 25.1. The van der Waals surface area contributed by atoms with Crippen LogP contribution >= 0.6 is 23.2 Å². The number of imide groups is 1. The number of urea groups is 1. The number of carbonyl (C=O) groups excluding carboxylic acids is 9. The van der Waals surface area contributed by atoms with Crippen LogP contribution in [0.4, 0.5) is 10.5 Å². The monoisotopic (exact) mass is 1840 g/mol. The van der Waals surface area contributed by atoms with E-state index in [9.17, 15) is 60.3 Å². The van der Waals surface area contributed by atoms with Gasteiger partial charge in [0.25, 0.3) is 0 Å². The highest BCUT2D eigenvalue weighted by molar-refractivity contribution is 6.32. The standard InChI is InChI=1S/C90H110Cl2N12O26/c1-8-9-19-123-49-13-17-61(124-20-18-94-6)54(34-49)97-89(122)98-65(109)35-56-82(116)100-70-47-30-62(126-59-15-11-43(28-52(59)91)74(110)72(86(120)96-56)103-81(115)55(95-7)21-38(2)3)78(130-88-79(77(113)76(112)64(37-105)128-88)129-66-36-90(5,93)80(114)39(4)125-66)63(31-47)127-60-16-12-44(29-53(60)92)75(111)73-87(121)102-71(85(119)99-68-45-23-40-22-41(25-45)26-46(68)24-40)51-32-48(106)33-58(108)67(51)50-27-42(10-14-57(50)107)69(83(117)104-73)101-84(70)118/h10-17,27-34,38-41,45-46,55-56,64,66,68-77,79-80,88,94-95,105-108,110-114H,8-9,18-26,35-37,93H2,1-7H3,(H,96,120)(H,99,119)(H,100,116)(H,101,118)(H,102,121)(H,103,115)(H,104,117)(H2,97,98,109,122)/t39-,40?,41?,45?,46?,55+,56-,64+,66-,68?,69+,70+,71-,72+,73-,74+,75+,76+,77-,79+,80+,88-,90-/m0/s1. The van der Waals surface area contributed by atoms with Crippen molar-refractivity contribution in [1.29, 1.82) is 0 Å². The molecule has 0 aromatic heterocycles. The predicted molar refractivity (Wildman–Crippen MR) is 465 cm³/mol. The minimum absolute atomic E-state index is 0.00445. The molecule has 22 N–H and O–H groups in total. The molecule has 0 spiro atoms. The highest BCUT2D eigenvalue weighted by atomic mass is 35.5. The van der Waals surface area contributed by atoms with Crippen molar-refractivity contribution in [3.8, 4) is 68.6 Å². The number of carbonyl (C=O) groups is 9. The Labute approximate surface area is 757 Å². The van der Waals surface area contributed by atoms with Gasteiger partial charge in [-0.3, -0.25) is 43.7 Å². The SMILES string of the molecule is CCCCOc1ccc(OCCNC)c(NC(=O)NC(=O)C[C@@H]2NC(=O)[C@H](NC(=O)[C@@H](CC(C)C)NC)[C@H](O)c3ccc(c(Cl)c3)Oc3cc4cc(c3O[C@@H]3O[C@H](CO)[C@@H](O)[C@H](O)[C@H]3O[C@H]3C[C@](C)(N)[C@H](O)[C@H](C)O3)Oc3ccc(cc3Cl)[C@@H](O)[C@@H]3NC(=O)[C@H](NC(=O)[C@@H]4NC2=O)c2ccc(O)c(c2)-c2c(O)cc(O)cc2[C@@H](C(=O)NC2C4CC5CC(C4)CC2C5)NC3=O)c1. The van der Waals surface area contributed by atoms with E-state index in [0.717, 1.165) is 93.1 Å². The Morgan fingerprint density at radius 3 is 1.95 bits per heavy atom. The first kappa shape index (κ1) is 95.1. The molecule has 6 fully saturated rings. The van der Waals surface area contributed by atoms with E-state index < -0.39 is 237 Å². The number of unbranched alkanes of at least 4 members (excludes halogenated alkanes) is 1. The normalized spacial score (nSPS) is 29.6. The van der Waals surface area contributed by atoms with E-state index in [-0.39, 0.29) is 94.4 Å². The fourth-order valence-electron chi connectivity index (χ4n) is 18.6. The van der Waals surface area contributed by atoms with Gasteiger partial charge in [-0.05, 0) is 197 Å². The van der Waals surface area contributed by atoms with Gasteiger partial charge in [-0.2, -0.15) is 0 Å². The number of hydrogen-bond acceptors (Lipinski definition) is 29. The van der Waals surface area contributed by atoms with Crippen molar-refractivity contribution in [3.63, 3.8) is 0 Å². The Bertz CT molecular complexity index is 5240. The fraction of sp³-hybridized carbons (Fsp3) is 0.500. The maximum atomic E-state index is 16.8. The van der Waals surface area contributed by atoms with E-state index in [1.54, 1.807) is 13.1 Å². The number of anilines is 1. The molecule has 38 nitrogen and oxygen atoms in total. The summed E-state index contributed by atoms with van der Waals surface area (Å²) in [4.78, 5) is 140. The first-order chi connectivity index (χ1) is 62.0. The molecule has 4 saturated carbocycles. The highest BCUT2D eigenvalue weighted by Gasteiger charge is 2.53. The number of hydrogen-bond donors (Lipinski definition) is 21. The molecular weight excluding hydrogens is 1740 g/mol. The summed E-state index contributed by atoms with van der Waals surface area (Å²) in [6.45, 7) is 8.36. The van der Waals surface area contributed by atoms with Crippen LogP contribution in [0.1, 0.15) is 157 Å². The van der Waals surface area contributed by atoms with Gasteiger partial charge in [-0.15, -0.1) is 0 Å². The summed E-state index contributed by atoms with van der Waals surface area (Å²) in [5, 5.41) is 136. The van der Waals surface area contributed by atoms with Gasteiger partial charge in [0, 0.05) is 47.8 Å². The molecule has 40 heteroatoms. The molecule has 7 aliphatic heterocycles. The zero-order valence-electron chi connectivity index (χ0n) is 72.2. The number of nitrogens with one attached hydrogen (secondary N) is 11. The van der Waals surface area contributed by atoms with E-state index in [0.29, 0.717) is 30.6 Å². The molecular formula is C90H110Cl2N12O26. The van der Waals surface area contributed by atoms with Crippen LogP contribution in [0, 0.1) is 29.6 Å². The minimum Gasteiger partial charge on any atom is -0.508 e. The minimum atomic E-state index is -2.45. The number of ether oxygens (including phenoxy) is 8. The average molecular weight is 1850 g/mol. The lowest BCUT2D eigenvalue weighted by Crippen LogP contribution is -2.64. The molecule has 11 aliphatic rings. The lowest BCUT2D eigenvalue weighted by Gasteiger charge is -2.54. The average Bonchev–Trinajstić information content (AvgIpc) is 0.749. The zero-order chi connectivity index (χ0) is 93.2. The molecule has 2 saturated heterocycles. The van der Waals surface area contributed by atoms with Crippen molar-refractivity contribution in [1.82, 2.24) is 53.2 Å². The number of halogens is 2. The molecule has 130 heavy (non-hydrogen) atoms. The Hall–Kier alpha value is -11.0. The molecule has 6 aromatic rings. The molecule has 7 heterocycles. The second-order valence-corrected chi connectivity index (χ2v) is 36.0. The molecule has 4 aliphatic carbocycles. The van der Waals surface area contributed by atoms with E-state index in [2.05, 4.69) is 58.5 Å². The van der Waals surface area contributed by atoms with Gasteiger partial charge < -0.3 is 143 Å². The van der Waals surface area contributed by atoms with Crippen LogP contribution in [0.3, 0.4) is 0 Å². The van der Waals surface area contributed by atoms with Crippen molar-refractivity contribution in [2.45, 2.75) is 214 Å². The summed E-state index contributed by atoms with van der Waals surface area (Å²) in [7, 11) is 3.16. The summed E-state index contributed by atoms with van der Waals surface area (Å²) in [5.74, 6) is -13.6. The van der Waals surface area contributed by atoms with E-state index >= 15 is 28.8 Å². The smallest absolute Gasteiger partial charge is 0.325 e. The topological polar surface area (TPSA) is 568 Å². The van der Waals surface area contributed by atoms with Crippen molar-refractivity contribution >= 4 is 82.2 Å². The van der Waals surface area contributed by atoms with Crippen LogP contribution in [0.2, 0.25) is 10.0 Å². The first-order valence-corrected chi connectivity index (χ1v) is 44.1. The summed E-state index contributed by atoms with van der Waals surface area (Å²) in [6.07, 6.45) is -13.3. The number of aromatic hydroxyl groups is 3. The maximum Gasteiger partial charge on any atom is 0.325 e. The Balaban J connectivity index is 0.957. The second kappa shape index (κ2) is 40.4. The number of amides is 10. The molecule has 18 atom stereocenters. The Morgan fingerprint density at radius 2 is 1.32 bits per heavy atom. The molecule has 6 aromatic carbocycles. The number of phenols is 3. The third-order valence-corrected chi connectivity index (χ3v) is 25.7. The largest absolute Gasteiger partial charge is 0.508 e. The summed E-state index contributed by atoms with van der Waals surface area (Å²) >= 11 is 14.6. The van der Waals surface area contributed by atoms with Gasteiger partial charge in [-0.1, -0.05) is 68.6 Å². The van der Waals surface area contributed by atoms with Gasteiger partial charge in [-0.25, -0.2) is 4.79 Å². The second-order valence-electron chi connectivity index (χ2n) is 35.2. The number of aliphatic hydroxyl groups excluding tert-OH is 6. The van der Waals surface area contributed by atoms with E-state index in [1.165, 1.54) is 57.3 Å². The van der Waals surface area contributed by atoms with Crippen molar-refractivity contribution in [2.75, 3.05) is 45.8 Å². The van der Waals surface area contributed by atoms with Gasteiger partial charge in [0.1, 0.15) is 114 Å². The van der Waals surface area contributed by atoms with Crippen LogP contribution < -0.4 is 87.9 Å². The van der Waals surface area contributed by atoms with Crippen LogP contribution in [-0.4, -0.2) is 225 Å². The number of rotatable bonds is 23. The van der Waals surface area contributed by atoms with Gasteiger partial charge in [0.05, 0.1) is 53.6 Å². The number of benzene rings is 6. The van der Waals surface area contributed by atoms with Crippen LogP contribution in [0.5, 0.6) is 57.5 Å². The number of nitrogens with two attached hydrogens (primary N) is 1. The molecule has 0 radical (unpaired) electrons. The fourth-order valence-corrected chi connectivity index (χ4v) is 19.1. The quantitative estimate of drug-likeness (QED) is 0.0390. The molecule has 17 rings (SSSR count). The number of phenolic OH excluding ortho intramolecular Hbond substituents is 3. The maximum absolute atomic E-state index is 16.8. The first-order valence-electron chi connectivity index (χ1n) is 43.4. The predicted octanol–water partition coefficient (Wildman–Crippen LogP) is 4.60. The van der Waals surface area contributed by atoms with Gasteiger partial charge in [0.2, 0.25) is 59.3 Å². The summed E-state index contributed by atoms with van der Waals surface area (Å²) in [6, 6.07) is 2.95. The molecule has 700 valence electrons.